The molecule has 2 aromatic rings. The first kappa shape index (κ1) is 17.5. The Labute approximate surface area is 153 Å². The second-order valence-corrected chi connectivity index (χ2v) is 6.82. The number of rotatable bonds is 4. The van der Waals surface area contributed by atoms with Crippen molar-refractivity contribution in [3.05, 3.63) is 64.7 Å². The van der Waals surface area contributed by atoms with Crippen molar-refractivity contribution < 1.29 is 4.79 Å². The normalized spacial score (nSPS) is 17.7. The molecule has 3 rings (SSSR count). The van der Waals surface area contributed by atoms with E-state index in [9.17, 15) is 4.79 Å². The summed E-state index contributed by atoms with van der Waals surface area (Å²) in [5, 5.41) is 12.6. The van der Waals surface area contributed by atoms with E-state index in [0.29, 0.717) is 11.3 Å². The molecule has 1 heterocycles. The lowest BCUT2D eigenvalue weighted by molar-refractivity contribution is -0.121. The van der Waals surface area contributed by atoms with Gasteiger partial charge in [0.25, 0.3) is 0 Å². The van der Waals surface area contributed by atoms with Gasteiger partial charge in [-0.15, -0.1) is 0 Å². The first-order valence-corrected chi connectivity index (χ1v) is 8.79. The maximum Gasteiger partial charge on any atom is 0.228 e. The van der Waals surface area contributed by atoms with Crippen LogP contribution in [0.4, 0.5) is 5.69 Å². The van der Waals surface area contributed by atoms with Crippen LogP contribution in [0.25, 0.3) is 0 Å². The van der Waals surface area contributed by atoms with Crippen molar-refractivity contribution >= 4 is 23.2 Å². The smallest absolute Gasteiger partial charge is 0.228 e. The van der Waals surface area contributed by atoms with E-state index in [-0.39, 0.29) is 11.8 Å². The molecule has 4 nitrogen and oxygen atoms in total. The summed E-state index contributed by atoms with van der Waals surface area (Å²) in [6.45, 7) is 2.56. The summed E-state index contributed by atoms with van der Waals surface area (Å²) in [7, 11) is 0. The number of halogens is 1. The fourth-order valence-corrected chi connectivity index (χ4v) is 3.30. The van der Waals surface area contributed by atoms with Crippen molar-refractivity contribution in [1.82, 2.24) is 4.90 Å². The molecule has 0 aliphatic carbocycles. The molecule has 25 heavy (non-hydrogen) atoms. The number of anilines is 1. The molecule has 0 spiro atoms. The number of amides is 1. The van der Waals surface area contributed by atoms with Gasteiger partial charge in [-0.25, -0.2) is 0 Å². The van der Waals surface area contributed by atoms with Crippen LogP contribution >= 0.6 is 11.6 Å². The molecule has 1 atom stereocenters. The summed E-state index contributed by atoms with van der Waals surface area (Å²) in [4.78, 5) is 14.9. The Morgan fingerprint density at radius 2 is 2.08 bits per heavy atom. The van der Waals surface area contributed by atoms with Gasteiger partial charge in [-0.2, -0.15) is 5.26 Å². The topological polar surface area (TPSA) is 56.1 Å². The molecule has 0 bridgehead atoms. The highest BCUT2D eigenvalue weighted by Crippen LogP contribution is 2.21. The molecule has 1 aliphatic rings. The van der Waals surface area contributed by atoms with Crippen LogP contribution in [-0.4, -0.2) is 23.9 Å². The zero-order valence-corrected chi connectivity index (χ0v) is 14.7. The minimum Gasteiger partial charge on any atom is -0.326 e. The van der Waals surface area contributed by atoms with Gasteiger partial charge in [-0.1, -0.05) is 29.8 Å². The zero-order chi connectivity index (χ0) is 17.6. The molecule has 1 aliphatic heterocycles. The minimum atomic E-state index is -0.0354. The van der Waals surface area contributed by atoms with Crippen LogP contribution in [-0.2, 0) is 11.3 Å². The summed E-state index contributed by atoms with van der Waals surface area (Å²) in [5.74, 6) is -0.0114. The maximum absolute atomic E-state index is 12.6. The van der Waals surface area contributed by atoms with Crippen molar-refractivity contribution in [1.29, 1.82) is 5.26 Å². The Morgan fingerprint density at radius 3 is 2.84 bits per heavy atom. The molecule has 1 saturated heterocycles. The molecular formula is C20H20ClN3O. The number of nitrogens with zero attached hydrogens (tertiary/aromatic N) is 2. The van der Waals surface area contributed by atoms with E-state index in [0.717, 1.165) is 37.5 Å². The van der Waals surface area contributed by atoms with Crippen molar-refractivity contribution in [3.63, 3.8) is 0 Å². The number of nitrogens with one attached hydrogen (secondary N) is 1. The highest BCUT2D eigenvalue weighted by Gasteiger charge is 2.25. The van der Waals surface area contributed by atoms with Gasteiger partial charge in [0.2, 0.25) is 5.91 Å². The van der Waals surface area contributed by atoms with Crippen molar-refractivity contribution in [2.24, 2.45) is 5.92 Å². The number of hydrogen-bond donors (Lipinski definition) is 1. The van der Waals surface area contributed by atoms with Gasteiger partial charge >= 0.3 is 0 Å². The van der Waals surface area contributed by atoms with E-state index in [1.165, 1.54) is 5.56 Å². The Bertz CT molecular complexity index is 782. The van der Waals surface area contributed by atoms with Crippen LogP contribution in [0.1, 0.15) is 24.0 Å². The Kier molecular flexibility index (Phi) is 5.70. The Hall–Kier alpha value is -2.35. The van der Waals surface area contributed by atoms with Crippen molar-refractivity contribution in [2.45, 2.75) is 19.4 Å². The quantitative estimate of drug-likeness (QED) is 0.901. The molecule has 5 heteroatoms. The van der Waals surface area contributed by atoms with Gasteiger partial charge in [0.05, 0.1) is 17.6 Å². The predicted octanol–water partition coefficient (Wildman–Crippen LogP) is 4.06. The van der Waals surface area contributed by atoms with Crippen LogP contribution in [0.5, 0.6) is 0 Å². The van der Waals surface area contributed by atoms with Gasteiger partial charge in [-0.3, -0.25) is 9.69 Å². The first-order chi connectivity index (χ1) is 12.1. The maximum atomic E-state index is 12.6. The standard InChI is InChI=1S/C20H20ClN3O/c21-18-8-6-15(7-9-18)13-24-10-2-4-17(14-24)20(25)23-19-5-1-3-16(11-19)12-22/h1,3,5-9,11,17H,2,4,10,13-14H2,(H,23,25)/t17-/m1/s1. The highest BCUT2D eigenvalue weighted by atomic mass is 35.5. The van der Waals surface area contributed by atoms with Crippen LogP contribution in [0.15, 0.2) is 48.5 Å². The van der Waals surface area contributed by atoms with E-state index in [1.807, 2.05) is 30.3 Å². The fourth-order valence-electron chi connectivity index (χ4n) is 3.17. The molecule has 2 aromatic carbocycles. The third-order valence-corrected chi connectivity index (χ3v) is 4.71. The lowest BCUT2D eigenvalue weighted by atomic mass is 9.96. The number of carbonyl (C=O) groups excluding carboxylic acids is 1. The number of hydrogen-bond acceptors (Lipinski definition) is 3. The second kappa shape index (κ2) is 8.15. The van der Waals surface area contributed by atoms with Gasteiger partial charge in [-0.05, 0) is 55.3 Å². The largest absolute Gasteiger partial charge is 0.326 e. The van der Waals surface area contributed by atoms with Crippen LogP contribution < -0.4 is 5.32 Å². The lowest BCUT2D eigenvalue weighted by Crippen LogP contribution is -2.40. The molecule has 128 valence electrons. The first-order valence-electron chi connectivity index (χ1n) is 8.42. The predicted molar refractivity (Wildman–Crippen MR) is 99.2 cm³/mol. The van der Waals surface area contributed by atoms with Crippen molar-refractivity contribution in [3.8, 4) is 6.07 Å². The SMILES string of the molecule is N#Cc1cccc(NC(=O)[C@@H]2CCCN(Cc3ccc(Cl)cc3)C2)c1. The molecule has 0 aromatic heterocycles. The summed E-state index contributed by atoms with van der Waals surface area (Å²) in [6.07, 6.45) is 1.89. The average Bonchev–Trinajstić information content (AvgIpc) is 2.64. The molecule has 1 N–H and O–H groups in total. The summed E-state index contributed by atoms with van der Waals surface area (Å²) in [6, 6.07) is 17.0. The Balaban J connectivity index is 1.59. The fraction of sp³-hybridized carbons (Fsp3) is 0.300. The molecule has 0 unspecified atom stereocenters. The van der Waals surface area contributed by atoms with E-state index in [2.05, 4.69) is 16.3 Å². The molecule has 0 radical (unpaired) electrons. The van der Waals surface area contributed by atoms with Crippen LogP contribution in [0, 0.1) is 17.2 Å². The van der Waals surface area contributed by atoms with E-state index >= 15 is 0 Å². The number of likely N-dealkylation sites (tertiary alicyclic amines) is 1. The lowest BCUT2D eigenvalue weighted by Gasteiger charge is -2.32. The third kappa shape index (κ3) is 4.82. The average molecular weight is 354 g/mol. The minimum absolute atomic E-state index is 0.0240. The van der Waals surface area contributed by atoms with Gasteiger partial charge in [0.1, 0.15) is 0 Å². The van der Waals surface area contributed by atoms with Crippen LogP contribution in [0.3, 0.4) is 0 Å². The van der Waals surface area contributed by atoms with E-state index in [4.69, 9.17) is 16.9 Å². The summed E-state index contributed by atoms with van der Waals surface area (Å²) >= 11 is 5.93. The molecular weight excluding hydrogens is 334 g/mol. The van der Waals surface area contributed by atoms with Crippen molar-refractivity contribution in [2.75, 3.05) is 18.4 Å². The van der Waals surface area contributed by atoms with Crippen LogP contribution in [0.2, 0.25) is 5.02 Å². The third-order valence-electron chi connectivity index (χ3n) is 4.45. The Morgan fingerprint density at radius 1 is 1.28 bits per heavy atom. The number of benzene rings is 2. The van der Waals surface area contributed by atoms with Gasteiger partial charge in [0.15, 0.2) is 0 Å². The van der Waals surface area contributed by atoms with E-state index in [1.54, 1.807) is 18.2 Å². The highest BCUT2D eigenvalue weighted by molar-refractivity contribution is 6.30. The summed E-state index contributed by atoms with van der Waals surface area (Å²) < 4.78 is 0. The second-order valence-electron chi connectivity index (χ2n) is 6.38. The number of piperidine rings is 1. The molecule has 1 fully saturated rings. The molecule has 0 saturated carbocycles. The zero-order valence-electron chi connectivity index (χ0n) is 13.9. The van der Waals surface area contributed by atoms with Gasteiger partial charge in [0, 0.05) is 23.8 Å². The number of nitriles is 1. The summed E-state index contributed by atoms with van der Waals surface area (Å²) in [5.41, 5.74) is 2.43. The van der Waals surface area contributed by atoms with E-state index < -0.39 is 0 Å². The number of carbonyl (C=O) groups is 1. The van der Waals surface area contributed by atoms with Gasteiger partial charge < -0.3 is 5.32 Å². The molecule has 1 amide bonds. The monoisotopic (exact) mass is 353 g/mol.